The molecule has 0 saturated heterocycles. The van der Waals surface area contributed by atoms with Crippen LogP contribution in [0, 0.1) is 20.8 Å². The number of hydrogen-bond donors (Lipinski definition) is 0. The van der Waals surface area contributed by atoms with Crippen LogP contribution < -0.4 is 4.68 Å². The zero-order valence-electron chi connectivity index (χ0n) is 8.60. The van der Waals surface area contributed by atoms with E-state index in [-0.39, 0.29) is 0 Å². The van der Waals surface area contributed by atoms with Gasteiger partial charge < -0.3 is 0 Å². The highest BCUT2D eigenvalue weighted by molar-refractivity contribution is 5.13. The van der Waals surface area contributed by atoms with Crippen molar-refractivity contribution in [2.75, 3.05) is 0 Å². The summed E-state index contributed by atoms with van der Waals surface area (Å²) in [5.74, 6) is 0. The Hall–Kier alpha value is -1.71. The molecular formula is C10H13N4+. The van der Waals surface area contributed by atoms with Crippen molar-refractivity contribution in [1.29, 1.82) is 0 Å². The van der Waals surface area contributed by atoms with Gasteiger partial charge in [0, 0.05) is 26.0 Å². The third kappa shape index (κ3) is 1.39. The van der Waals surface area contributed by atoms with Crippen molar-refractivity contribution < 1.29 is 4.68 Å². The Bertz CT molecular complexity index is 422. The van der Waals surface area contributed by atoms with Gasteiger partial charge in [-0.3, -0.25) is 0 Å². The van der Waals surface area contributed by atoms with Crippen LogP contribution in [0.5, 0.6) is 0 Å². The maximum atomic E-state index is 3.80. The molecule has 0 aliphatic carbocycles. The summed E-state index contributed by atoms with van der Waals surface area (Å²) in [5, 5.41) is 7.59. The van der Waals surface area contributed by atoms with Crippen LogP contribution in [0.15, 0.2) is 24.8 Å². The van der Waals surface area contributed by atoms with Crippen molar-refractivity contribution in [2.24, 2.45) is 0 Å². The summed E-state index contributed by atoms with van der Waals surface area (Å²) in [6.07, 6.45) is 3.38. The van der Waals surface area contributed by atoms with Gasteiger partial charge in [0.2, 0.25) is 11.4 Å². The summed E-state index contributed by atoms with van der Waals surface area (Å²) < 4.78 is 3.93. The first-order valence-corrected chi connectivity index (χ1v) is 4.53. The van der Waals surface area contributed by atoms with Gasteiger partial charge in [-0.1, -0.05) is 9.35 Å². The fourth-order valence-electron chi connectivity index (χ4n) is 1.76. The first kappa shape index (κ1) is 8.87. The minimum Gasteiger partial charge on any atom is -0.133 e. The molecule has 0 radical (unpaired) electrons. The maximum absolute atomic E-state index is 3.80. The van der Waals surface area contributed by atoms with E-state index in [1.165, 1.54) is 17.0 Å². The minimum absolute atomic E-state index is 1.17. The molecule has 0 aliphatic rings. The van der Waals surface area contributed by atoms with E-state index in [4.69, 9.17) is 0 Å². The lowest BCUT2D eigenvalue weighted by molar-refractivity contribution is -0.739. The summed E-state index contributed by atoms with van der Waals surface area (Å²) in [7, 11) is 0. The van der Waals surface area contributed by atoms with E-state index in [1.54, 1.807) is 12.7 Å². The first-order valence-electron chi connectivity index (χ1n) is 4.53. The molecule has 0 fully saturated rings. The standard InChI is InChI=1S/C10H13N4/c1-8-4-9(2)14(10(3)5-8)13-6-11-12-7-13/h4-7H,1-3H3/q+1. The fraction of sp³-hybridized carbons (Fsp3) is 0.300. The SMILES string of the molecule is Cc1cc(C)[n+](-n2cnnc2)c(C)c1. The van der Waals surface area contributed by atoms with Crippen LogP contribution in [-0.4, -0.2) is 14.9 Å². The molecular weight excluding hydrogens is 176 g/mol. The summed E-state index contributed by atoms with van der Waals surface area (Å²) in [6, 6.07) is 4.26. The smallest absolute Gasteiger partial charge is 0.133 e. The van der Waals surface area contributed by atoms with Crippen LogP contribution in [0.25, 0.3) is 0 Å². The Balaban J connectivity index is 2.64. The van der Waals surface area contributed by atoms with Crippen LogP contribution >= 0.6 is 0 Å². The van der Waals surface area contributed by atoms with Crippen molar-refractivity contribution in [3.05, 3.63) is 41.7 Å². The van der Waals surface area contributed by atoms with Gasteiger partial charge in [0.1, 0.15) is 0 Å². The molecule has 0 N–H and O–H groups in total. The van der Waals surface area contributed by atoms with Crippen LogP contribution in [0.2, 0.25) is 0 Å². The van der Waals surface area contributed by atoms with Crippen molar-refractivity contribution in [3.63, 3.8) is 0 Å². The molecule has 0 aromatic carbocycles. The Labute approximate surface area is 82.8 Å². The molecule has 4 nitrogen and oxygen atoms in total. The van der Waals surface area contributed by atoms with Crippen molar-refractivity contribution >= 4 is 0 Å². The molecule has 2 rings (SSSR count). The number of nitrogens with zero attached hydrogens (tertiary/aromatic N) is 4. The van der Waals surface area contributed by atoms with Gasteiger partial charge in [0.05, 0.1) is 0 Å². The number of aromatic nitrogens is 4. The molecule has 0 amide bonds. The average Bonchev–Trinajstić information content (AvgIpc) is 2.54. The Morgan fingerprint density at radius 3 is 2.00 bits per heavy atom. The van der Waals surface area contributed by atoms with Gasteiger partial charge in [-0.25, -0.2) is 0 Å². The minimum atomic E-state index is 1.17. The average molecular weight is 189 g/mol. The first-order chi connectivity index (χ1) is 6.68. The molecule has 0 bridgehead atoms. The van der Waals surface area contributed by atoms with Crippen molar-refractivity contribution in [1.82, 2.24) is 14.9 Å². The van der Waals surface area contributed by atoms with E-state index in [1.807, 2.05) is 4.68 Å². The molecule has 0 unspecified atom stereocenters. The third-order valence-electron chi connectivity index (χ3n) is 2.18. The fourth-order valence-corrected chi connectivity index (χ4v) is 1.76. The summed E-state index contributed by atoms with van der Waals surface area (Å²) >= 11 is 0. The highest BCUT2D eigenvalue weighted by Crippen LogP contribution is 2.01. The molecule has 72 valence electrons. The quantitative estimate of drug-likeness (QED) is 0.622. The largest absolute Gasteiger partial charge is 0.210 e. The van der Waals surface area contributed by atoms with Gasteiger partial charge in [-0.15, -0.1) is 10.2 Å². The zero-order valence-corrected chi connectivity index (χ0v) is 8.60. The van der Waals surface area contributed by atoms with Gasteiger partial charge in [-0.05, 0) is 12.5 Å². The lowest BCUT2D eigenvalue weighted by Crippen LogP contribution is -2.46. The predicted molar refractivity (Wildman–Crippen MR) is 51.7 cm³/mol. The number of pyridine rings is 1. The van der Waals surface area contributed by atoms with Gasteiger partial charge in [0.25, 0.3) is 0 Å². The zero-order chi connectivity index (χ0) is 10.1. The number of aryl methyl sites for hydroxylation is 3. The van der Waals surface area contributed by atoms with E-state index in [9.17, 15) is 0 Å². The second-order valence-electron chi connectivity index (χ2n) is 3.47. The second kappa shape index (κ2) is 3.21. The molecule has 0 aliphatic heterocycles. The molecule has 4 heteroatoms. The second-order valence-corrected chi connectivity index (χ2v) is 3.47. The van der Waals surface area contributed by atoms with Gasteiger partial charge in [0.15, 0.2) is 12.7 Å². The van der Waals surface area contributed by atoms with E-state index >= 15 is 0 Å². The van der Waals surface area contributed by atoms with Crippen molar-refractivity contribution in [2.45, 2.75) is 20.8 Å². The summed E-state index contributed by atoms with van der Waals surface area (Å²) in [5.41, 5.74) is 3.61. The van der Waals surface area contributed by atoms with E-state index < -0.39 is 0 Å². The molecule has 2 aromatic heterocycles. The monoisotopic (exact) mass is 189 g/mol. The molecule has 0 spiro atoms. The highest BCUT2D eigenvalue weighted by atomic mass is 15.5. The Morgan fingerprint density at radius 1 is 1.00 bits per heavy atom. The summed E-state index contributed by atoms with van der Waals surface area (Å²) in [4.78, 5) is 0. The highest BCUT2D eigenvalue weighted by Gasteiger charge is 2.13. The summed E-state index contributed by atoms with van der Waals surface area (Å²) in [6.45, 7) is 6.23. The normalized spacial score (nSPS) is 10.5. The van der Waals surface area contributed by atoms with Crippen LogP contribution in [-0.2, 0) is 0 Å². The van der Waals surface area contributed by atoms with E-state index in [2.05, 4.69) is 47.8 Å². The number of rotatable bonds is 1. The van der Waals surface area contributed by atoms with Crippen LogP contribution in [0.3, 0.4) is 0 Å². The lowest BCUT2D eigenvalue weighted by Gasteiger charge is -2.02. The van der Waals surface area contributed by atoms with Crippen molar-refractivity contribution in [3.8, 4) is 0 Å². The maximum Gasteiger partial charge on any atom is 0.210 e. The van der Waals surface area contributed by atoms with Gasteiger partial charge >= 0.3 is 0 Å². The molecule has 14 heavy (non-hydrogen) atoms. The van der Waals surface area contributed by atoms with E-state index in [0.717, 1.165) is 0 Å². The Kier molecular flexibility index (Phi) is 2.04. The Morgan fingerprint density at radius 2 is 1.50 bits per heavy atom. The van der Waals surface area contributed by atoms with Crippen LogP contribution in [0.4, 0.5) is 0 Å². The topological polar surface area (TPSA) is 34.6 Å². The molecule has 0 atom stereocenters. The molecule has 0 saturated carbocycles. The van der Waals surface area contributed by atoms with Gasteiger partial charge in [-0.2, -0.15) is 0 Å². The lowest BCUT2D eigenvalue weighted by atomic mass is 10.2. The molecule has 2 heterocycles. The predicted octanol–water partition coefficient (Wildman–Crippen LogP) is 0.802. The van der Waals surface area contributed by atoms with Crippen LogP contribution in [0.1, 0.15) is 17.0 Å². The number of hydrogen-bond acceptors (Lipinski definition) is 2. The third-order valence-corrected chi connectivity index (χ3v) is 2.18. The molecule has 2 aromatic rings. The van der Waals surface area contributed by atoms with E-state index in [0.29, 0.717) is 0 Å².